The lowest BCUT2D eigenvalue weighted by atomic mass is 9.51. The Morgan fingerprint density at radius 3 is 3.00 bits per heavy atom. The lowest BCUT2D eigenvalue weighted by Gasteiger charge is -2.65. The Hall–Kier alpha value is -0.380. The molecule has 106 valence electrons. The predicted molar refractivity (Wildman–Crippen MR) is 73.6 cm³/mol. The van der Waals surface area contributed by atoms with E-state index in [4.69, 9.17) is 0 Å². The van der Waals surface area contributed by atoms with E-state index < -0.39 is 0 Å². The second-order valence-electron chi connectivity index (χ2n) is 7.19. The number of hydrogen-bond donors (Lipinski definition) is 2. The minimum absolute atomic E-state index is 0.0947. The minimum Gasteiger partial charge on any atom is -0.393 e. The van der Waals surface area contributed by atoms with Crippen LogP contribution in [0, 0.1) is 17.8 Å². The van der Waals surface area contributed by atoms with E-state index in [2.05, 4.69) is 17.9 Å². The molecule has 0 aromatic carbocycles. The predicted octanol–water partition coefficient (Wildman–Crippen LogP) is 1.55. The number of hydrogen-bond acceptors (Lipinski definition) is 3. The summed E-state index contributed by atoms with van der Waals surface area (Å²) < 4.78 is 0. The van der Waals surface area contributed by atoms with Gasteiger partial charge in [-0.15, -0.1) is 0 Å². The van der Waals surface area contributed by atoms with Gasteiger partial charge in [-0.05, 0) is 50.1 Å². The normalized spacial score (nSPS) is 53.4. The third kappa shape index (κ3) is 1.44. The van der Waals surface area contributed by atoms with Crippen LogP contribution in [0.3, 0.4) is 0 Å². The topological polar surface area (TPSA) is 43.7 Å². The summed E-state index contributed by atoms with van der Waals surface area (Å²) in [4.78, 5) is 2.65. The number of aliphatic hydroxyl groups is 2. The zero-order valence-electron chi connectivity index (χ0n) is 11.8. The molecule has 0 aromatic heterocycles. The number of aliphatic hydroxyl groups excluding tert-OH is 2. The lowest BCUT2D eigenvalue weighted by Crippen LogP contribution is -2.70. The van der Waals surface area contributed by atoms with Crippen molar-refractivity contribution < 1.29 is 10.2 Å². The van der Waals surface area contributed by atoms with Crippen LogP contribution in [0.5, 0.6) is 0 Å². The van der Waals surface area contributed by atoms with Gasteiger partial charge in [-0.2, -0.15) is 0 Å². The maximum atomic E-state index is 10.6. The van der Waals surface area contributed by atoms with Crippen molar-refractivity contribution >= 4 is 0 Å². The molecule has 2 heterocycles. The van der Waals surface area contributed by atoms with Crippen molar-refractivity contribution in [2.45, 2.75) is 56.8 Å². The largest absolute Gasteiger partial charge is 0.393 e. The SMILES string of the molecule is C[C@H]1C[C@]23C4=CCCN2CCC[C@H]3[C@@H](O)C[C@@H]4[C@H]1O. The van der Waals surface area contributed by atoms with Crippen LogP contribution >= 0.6 is 0 Å². The second-order valence-corrected chi connectivity index (χ2v) is 7.19. The molecule has 6 atom stereocenters. The maximum absolute atomic E-state index is 10.6. The molecule has 1 spiro atoms. The van der Waals surface area contributed by atoms with Gasteiger partial charge < -0.3 is 10.2 Å². The Kier molecular flexibility index (Phi) is 2.64. The highest BCUT2D eigenvalue weighted by Crippen LogP contribution is 2.58. The molecule has 1 saturated heterocycles. The van der Waals surface area contributed by atoms with E-state index in [0.29, 0.717) is 11.8 Å². The molecule has 2 aliphatic carbocycles. The maximum Gasteiger partial charge on any atom is 0.0633 e. The zero-order valence-corrected chi connectivity index (χ0v) is 11.8. The molecular formula is C16H25NO2. The van der Waals surface area contributed by atoms with E-state index in [1.165, 1.54) is 18.5 Å². The van der Waals surface area contributed by atoms with Crippen LogP contribution < -0.4 is 0 Å². The van der Waals surface area contributed by atoms with Crippen LogP contribution in [0.1, 0.15) is 39.0 Å². The monoisotopic (exact) mass is 263 g/mol. The van der Waals surface area contributed by atoms with E-state index in [0.717, 1.165) is 32.2 Å². The van der Waals surface area contributed by atoms with Crippen LogP contribution in [0.4, 0.5) is 0 Å². The average Bonchev–Trinajstić information content (AvgIpc) is 2.40. The van der Waals surface area contributed by atoms with Crippen LogP contribution in [0.2, 0.25) is 0 Å². The Morgan fingerprint density at radius 1 is 1.32 bits per heavy atom. The summed E-state index contributed by atoms with van der Waals surface area (Å²) in [7, 11) is 0. The van der Waals surface area contributed by atoms with Crippen LogP contribution in [-0.2, 0) is 0 Å². The van der Waals surface area contributed by atoms with Crippen molar-refractivity contribution in [1.29, 1.82) is 0 Å². The zero-order chi connectivity index (χ0) is 13.2. The van der Waals surface area contributed by atoms with Gasteiger partial charge in [0.2, 0.25) is 0 Å². The number of nitrogens with zero attached hydrogens (tertiary/aromatic N) is 1. The molecule has 2 aliphatic heterocycles. The Balaban J connectivity index is 1.87. The molecule has 0 aromatic rings. The quantitative estimate of drug-likeness (QED) is 0.652. The van der Waals surface area contributed by atoms with Crippen LogP contribution in [0.15, 0.2) is 11.6 Å². The minimum atomic E-state index is -0.255. The Morgan fingerprint density at radius 2 is 2.16 bits per heavy atom. The first-order chi connectivity index (χ1) is 9.14. The summed E-state index contributed by atoms with van der Waals surface area (Å²) in [6.07, 6.45) is 7.25. The molecule has 0 amide bonds. The van der Waals surface area contributed by atoms with E-state index >= 15 is 0 Å². The fraction of sp³-hybridized carbons (Fsp3) is 0.875. The van der Waals surface area contributed by atoms with Crippen molar-refractivity contribution in [2.24, 2.45) is 17.8 Å². The highest BCUT2D eigenvalue weighted by molar-refractivity contribution is 5.36. The first kappa shape index (κ1) is 12.4. The molecule has 19 heavy (non-hydrogen) atoms. The fourth-order valence-electron chi connectivity index (χ4n) is 5.70. The summed E-state index contributed by atoms with van der Waals surface area (Å²) in [5.41, 5.74) is 1.58. The van der Waals surface area contributed by atoms with Gasteiger partial charge in [-0.3, -0.25) is 4.90 Å². The molecule has 0 unspecified atom stereocenters. The van der Waals surface area contributed by atoms with Gasteiger partial charge in [0.15, 0.2) is 0 Å². The van der Waals surface area contributed by atoms with Gasteiger partial charge in [0.05, 0.1) is 12.2 Å². The molecule has 2 N–H and O–H groups in total. The van der Waals surface area contributed by atoms with Crippen molar-refractivity contribution in [3.63, 3.8) is 0 Å². The number of piperidine rings is 1. The highest BCUT2D eigenvalue weighted by atomic mass is 16.3. The summed E-state index contributed by atoms with van der Waals surface area (Å²) in [6, 6.07) is 0. The lowest BCUT2D eigenvalue weighted by molar-refractivity contribution is -0.138. The molecule has 0 radical (unpaired) electrons. The second kappa shape index (κ2) is 4.06. The first-order valence-corrected chi connectivity index (χ1v) is 7.96. The first-order valence-electron chi connectivity index (χ1n) is 7.96. The van der Waals surface area contributed by atoms with Crippen molar-refractivity contribution in [3.05, 3.63) is 11.6 Å². The van der Waals surface area contributed by atoms with Gasteiger partial charge in [-0.1, -0.05) is 13.0 Å². The summed E-state index contributed by atoms with van der Waals surface area (Å²) in [6.45, 7) is 4.51. The van der Waals surface area contributed by atoms with Crippen LogP contribution in [-0.4, -0.2) is 45.9 Å². The molecule has 4 rings (SSSR count). The molecule has 2 saturated carbocycles. The summed E-state index contributed by atoms with van der Waals surface area (Å²) >= 11 is 0. The number of rotatable bonds is 0. The standard InChI is InChI=1S/C16H25NO2/c1-10-9-16-12-4-2-6-17(16)7-3-5-13(16)14(18)8-11(12)15(10)19/h4,10-11,13-15,18-19H,2-3,5-9H2,1H3/t10-,11-,13-,14-,15-,16+/m0/s1. The third-order valence-corrected chi connectivity index (χ3v) is 6.37. The van der Waals surface area contributed by atoms with Crippen LogP contribution in [0.25, 0.3) is 0 Å². The van der Waals surface area contributed by atoms with Crippen molar-refractivity contribution in [1.82, 2.24) is 4.90 Å². The summed E-state index contributed by atoms with van der Waals surface area (Å²) in [5.74, 6) is 0.964. The van der Waals surface area contributed by atoms with Gasteiger partial charge in [-0.25, -0.2) is 0 Å². The van der Waals surface area contributed by atoms with Crippen molar-refractivity contribution in [3.8, 4) is 0 Å². The van der Waals surface area contributed by atoms with Gasteiger partial charge in [0, 0.05) is 23.9 Å². The smallest absolute Gasteiger partial charge is 0.0633 e. The molecule has 3 heteroatoms. The molecule has 2 bridgehead atoms. The van der Waals surface area contributed by atoms with Crippen molar-refractivity contribution in [2.75, 3.05) is 13.1 Å². The highest BCUT2D eigenvalue weighted by Gasteiger charge is 2.61. The Labute approximate surface area is 115 Å². The average molecular weight is 263 g/mol. The summed E-state index contributed by atoms with van der Waals surface area (Å²) in [5, 5.41) is 21.1. The van der Waals surface area contributed by atoms with Gasteiger partial charge >= 0.3 is 0 Å². The van der Waals surface area contributed by atoms with Gasteiger partial charge in [0.25, 0.3) is 0 Å². The Bertz CT molecular complexity index is 421. The molecule has 4 aliphatic rings. The molecule has 3 nitrogen and oxygen atoms in total. The van der Waals surface area contributed by atoms with Gasteiger partial charge in [0.1, 0.15) is 0 Å². The molecular weight excluding hydrogens is 238 g/mol. The fourth-order valence-corrected chi connectivity index (χ4v) is 5.70. The third-order valence-electron chi connectivity index (χ3n) is 6.37. The molecule has 3 fully saturated rings. The van der Waals surface area contributed by atoms with E-state index in [1.54, 1.807) is 0 Å². The van der Waals surface area contributed by atoms with E-state index in [9.17, 15) is 10.2 Å². The van der Waals surface area contributed by atoms with E-state index in [1.807, 2.05) is 0 Å². The van der Waals surface area contributed by atoms with E-state index in [-0.39, 0.29) is 23.7 Å².